The number of carbonyl (C=O) groups is 2. The molecule has 27 heavy (non-hydrogen) atoms. The number of methoxy groups -OCH3 is 1. The third kappa shape index (κ3) is 4.60. The van der Waals surface area contributed by atoms with Gasteiger partial charge in [0.2, 0.25) is 0 Å². The van der Waals surface area contributed by atoms with Crippen LogP contribution in [0.5, 0.6) is 11.5 Å². The number of rotatable bonds is 5. The first-order valence-corrected chi connectivity index (χ1v) is 8.58. The molecule has 1 heterocycles. The first-order valence-electron chi connectivity index (χ1n) is 8.21. The van der Waals surface area contributed by atoms with Crippen molar-refractivity contribution in [3.8, 4) is 11.5 Å². The summed E-state index contributed by atoms with van der Waals surface area (Å²) in [6.45, 7) is 1.55. The Labute approximate surface area is 161 Å². The molecule has 1 N–H and O–H groups in total. The van der Waals surface area contributed by atoms with Crippen molar-refractivity contribution >= 4 is 35.2 Å². The number of hydrogen-bond donors (Lipinski definition) is 1. The first kappa shape index (κ1) is 18.8. The molecule has 0 radical (unpaired) electrons. The summed E-state index contributed by atoms with van der Waals surface area (Å²) >= 11 is 5.96. The number of anilines is 1. The third-order valence-corrected chi connectivity index (χ3v) is 4.15. The highest BCUT2D eigenvalue weighted by atomic mass is 35.5. The fourth-order valence-electron chi connectivity index (χ4n) is 2.60. The maximum absolute atomic E-state index is 12.2. The van der Waals surface area contributed by atoms with Gasteiger partial charge in [0.1, 0.15) is 18.1 Å². The van der Waals surface area contributed by atoms with Gasteiger partial charge in [-0.05, 0) is 48.9 Å². The molecular formula is C20H18ClNO5. The highest BCUT2D eigenvalue weighted by molar-refractivity contribution is 6.30. The minimum absolute atomic E-state index is 0.0702. The van der Waals surface area contributed by atoms with Crippen LogP contribution in [0, 0.1) is 6.92 Å². The number of aryl methyl sites for hydroxylation is 1. The topological polar surface area (TPSA) is 73.9 Å². The van der Waals surface area contributed by atoms with Crippen molar-refractivity contribution in [2.24, 2.45) is 0 Å². The fraction of sp³-hybridized carbons (Fsp3) is 0.200. The molecular weight excluding hydrogens is 370 g/mol. The van der Waals surface area contributed by atoms with Gasteiger partial charge >= 0.3 is 5.97 Å². The molecule has 2 aromatic carbocycles. The van der Waals surface area contributed by atoms with Crippen molar-refractivity contribution in [1.82, 2.24) is 0 Å². The van der Waals surface area contributed by atoms with Gasteiger partial charge in [-0.1, -0.05) is 17.7 Å². The van der Waals surface area contributed by atoms with Crippen LogP contribution in [0.25, 0.3) is 6.08 Å². The quantitative estimate of drug-likeness (QED) is 0.793. The van der Waals surface area contributed by atoms with E-state index in [1.54, 1.807) is 36.4 Å². The number of amides is 1. The van der Waals surface area contributed by atoms with Gasteiger partial charge in [0.25, 0.3) is 5.91 Å². The highest BCUT2D eigenvalue weighted by Gasteiger charge is 2.20. The number of esters is 1. The lowest BCUT2D eigenvalue weighted by Gasteiger charge is -2.17. The van der Waals surface area contributed by atoms with Crippen molar-refractivity contribution in [3.63, 3.8) is 0 Å². The Balaban J connectivity index is 1.61. The second-order valence-corrected chi connectivity index (χ2v) is 6.40. The highest BCUT2D eigenvalue weighted by Crippen LogP contribution is 2.29. The van der Waals surface area contributed by atoms with Crippen molar-refractivity contribution in [3.05, 3.63) is 58.1 Å². The molecule has 0 saturated carbocycles. The van der Waals surface area contributed by atoms with Crippen molar-refractivity contribution in [2.45, 2.75) is 6.92 Å². The van der Waals surface area contributed by atoms with E-state index in [2.05, 4.69) is 5.32 Å². The molecule has 7 heteroatoms. The van der Waals surface area contributed by atoms with Gasteiger partial charge in [0, 0.05) is 10.6 Å². The summed E-state index contributed by atoms with van der Waals surface area (Å²) in [5.41, 5.74) is 2.48. The monoisotopic (exact) mass is 387 g/mol. The third-order valence-electron chi connectivity index (χ3n) is 3.91. The van der Waals surface area contributed by atoms with Gasteiger partial charge in [-0.3, -0.25) is 4.79 Å². The van der Waals surface area contributed by atoms with Crippen LogP contribution in [-0.4, -0.2) is 32.2 Å². The number of carbonyl (C=O) groups excluding carboxylic acids is 2. The van der Waals surface area contributed by atoms with Crippen molar-refractivity contribution in [2.75, 3.05) is 25.6 Å². The van der Waals surface area contributed by atoms with E-state index >= 15 is 0 Å². The average molecular weight is 388 g/mol. The van der Waals surface area contributed by atoms with Gasteiger partial charge < -0.3 is 19.5 Å². The van der Waals surface area contributed by atoms with E-state index < -0.39 is 18.5 Å². The van der Waals surface area contributed by atoms with Crippen LogP contribution in [0.1, 0.15) is 11.1 Å². The van der Waals surface area contributed by atoms with Crippen LogP contribution in [0.4, 0.5) is 5.69 Å². The van der Waals surface area contributed by atoms with Crippen molar-refractivity contribution < 1.29 is 23.8 Å². The first-order chi connectivity index (χ1) is 13.0. The summed E-state index contributed by atoms with van der Waals surface area (Å²) < 4.78 is 15.8. The summed E-state index contributed by atoms with van der Waals surface area (Å²) in [7, 11) is 1.51. The standard InChI is InChI=1S/C20H18ClNO5/c1-12-3-5-18(25-2)16(7-12)22-19(23)11-27-20(24)14-8-13-9-15(21)4-6-17(13)26-10-14/h3-9H,10-11H2,1-2H3,(H,22,23). The maximum Gasteiger partial charge on any atom is 0.338 e. The van der Waals surface area contributed by atoms with Gasteiger partial charge in [0.15, 0.2) is 6.61 Å². The van der Waals surface area contributed by atoms with Crippen LogP contribution in [0.2, 0.25) is 5.02 Å². The molecule has 0 atom stereocenters. The zero-order valence-electron chi connectivity index (χ0n) is 14.9. The molecule has 0 bridgehead atoms. The molecule has 0 fully saturated rings. The second kappa shape index (κ2) is 8.14. The SMILES string of the molecule is COc1ccc(C)cc1NC(=O)COC(=O)C1=Cc2cc(Cl)ccc2OC1. The van der Waals surface area contributed by atoms with Crippen LogP contribution in [0.15, 0.2) is 42.0 Å². The normalized spacial score (nSPS) is 12.3. The van der Waals surface area contributed by atoms with E-state index in [1.165, 1.54) is 7.11 Å². The predicted molar refractivity (Wildman–Crippen MR) is 102 cm³/mol. The van der Waals surface area contributed by atoms with Gasteiger partial charge in [-0.25, -0.2) is 4.79 Å². The van der Waals surface area contributed by atoms with Gasteiger partial charge in [0.05, 0.1) is 18.4 Å². The largest absolute Gasteiger partial charge is 0.495 e. The molecule has 1 amide bonds. The van der Waals surface area contributed by atoms with Crippen LogP contribution >= 0.6 is 11.6 Å². The fourth-order valence-corrected chi connectivity index (χ4v) is 2.78. The zero-order valence-corrected chi connectivity index (χ0v) is 15.6. The second-order valence-electron chi connectivity index (χ2n) is 5.97. The van der Waals surface area contributed by atoms with Crippen molar-refractivity contribution in [1.29, 1.82) is 0 Å². The average Bonchev–Trinajstić information content (AvgIpc) is 2.65. The Hall–Kier alpha value is -2.99. The molecule has 1 aliphatic heterocycles. The van der Waals surface area contributed by atoms with E-state index in [1.807, 2.05) is 13.0 Å². The number of fused-ring (bicyclic) bond motifs is 1. The lowest BCUT2D eigenvalue weighted by atomic mass is 10.1. The molecule has 0 saturated heterocycles. The van der Waals surface area contributed by atoms with E-state index in [-0.39, 0.29) is 6.61 Å². The molecule has 0 aliphatic carbocycles. The summed E-state index contributed by atoms with van der Waals surface area (Å²) in [5, 5.41) is 3.21. The molecule has 1 aliphatic rings. The van der Waals surface area contributed by atoms with Crippen LogP contribution in [-0.2, 0) is 14.3 Å². The van der Waals surface area contributed by atoms with Crippen LogP contribution in [0.3, 0.4) is 0 Å². The Morgan fingerprint density at radius 3 is 2.81 bits per heavy atom. The minimum atomic E-state index is -0.619. The minimum Gasteiger partial charge on any atom is -0.495 e. The molecule has 0 unspecified atom stereocenters. The lowest BCUT2D eigenvalue weighted by Crippen LogP contribution is -2.24. The molecule has 3 rings (SSSR count). The Morgan fingerprint density at radius 1 is 1.22 bits per heavy atom. The van der Waals surface area contributed by atoms with E-state index in [9.17, 15) is 9.59 Å². The Bertz CT molecular complexity index is 923. The maximum atomic E-state index is 12.2. The number of benzene rings is 2. The van der Waals surface area contributed by atoms with Gasteiger partial charge in [-0.2, -0.15) is 0 Å². The Morgan fingerprint density at radius 2 is 2.04 bits per heavy atom. The molecule has 140 valence electrons. The smallest absolute Gasteiger partial charge is 0.338 e. The number of halogens is 1. The van der Waals surface area contributed by atoms with Crippen LogP contribution < -0.4 is 14.8 Å². The summed E-state index contributed by atoms with van der Waals surface area (Å²) in [4.78, 5) is 24.3. The molecule has 2 aromatic rings. The summed E-state index contributed by atoms with van der Waals surface area (Å²) in [6, 6.07) is 10.5. The number of ether oxygens (including phenoxy) is 3. The predicted octanol–water partition coefficient (Wildman–Crippen LogP) is 3.61. The van der Waals surface area contributed by atoms with E-state index in [4.69, 9.17) is 25.8 Å². The summed E-state index contributed by atoms with van der Waals surface area (Å²) in [5.74, 6) is 0.0809. The Kier molecular flexibility index (Phi) is 5.66. The zero-order chi connectivity index (χ0) is 19.4. The molecule has 0 spiro atoms. The van der Waals surface area contributed by atoms with Gasteiger partial charge in [-0.15, -0.1) is 0 Å². The number of nitrogens with one attached hydrogen (secondary N) is 1. The van der Waals surface area contributed by atoms with E-state index in [0.29, 0.717) is 33.3 Å². The van der Waals surface area contributed by atoms with E-state index in [0.717, 1.165) is 5.56 Å². The molecule has 6 nitrogen and oxygen atoms in total. The summed E-state index contributed by atoms with van der Waals surface area (Å²) in [6.07, 6.45) is 1.65. The number of hydrogen-bond acceptors (Lipinski definition) is 5. The lowest BCUT2D eigenvalue weighted by molar-refractivity contribution is -0.143. The molecule has 0 aromatic heterocycles.